The summed E-state index contributed by atoms with van der Waals surface area (Å²) in [6, 6.07) is 24.2. The molecular weight excluding hydrogens is 621 g/mol. The highest BCUT2D eigenvalue weighted by atomic mass is 32.2. The molecule has 0 unspecified atom stereocenters. The highest BCUT2D eigenvalue weighted by Crippen LogP contribution is 2.23. The van der Waals surface area contributed by atoms with Crippen LogP contribution in [0.3, 0.4) is 0 Å². The Hall–Kier alpha value is -5.20. The lowest BCUT2D eigenvalue weighted by Gasteiger charge is -2.09. The fourth-order valence-corrected chi connectivity index (χ4v) is 6.80. The van der Waals surface area contributed by atoms with Crippen molar-refractivity contribution in [2.75, 3.05) is 9.44 Å². The van der Waals surface area contributed by atoms with Gasteiger partial charge in [0.2, 0.25) is 0 Å². The number of hydrogen-bond donors (Lipinski definition) is 2. The van der Waals surface area contributed by atoms with Crippen LogP contribution in [-0.4, -0.2) is 36.4 Å². The van der Waals surface area contributed by atoms with Crippen LogP contribution in [0.1, 0.15) is 11.1 Å². The number of nitrogens with one attached hydrogen (secondary N) is 2. The molecule has 0 aliphatic rings. The van der Waals surface area contributed by atoms with Gasteiger partial charge in [0.1, 0.15) is 0 Å². The zero-order chi connectivity index (χ0) is 32.9. The van der Waals surface area contributed by atoms with E-state index in [1.165, 1.54) is 0 Å². The predicted octanol–water partition coefficient (Wildman–Crippen LogP) is 6.66. The van der Waals surface area contributed by atoms with E-state index in [9.17, 15) is 16.8 Å². The Morgan fingerprint density at radius 1 is 0.609 bits per heavy atom. The molecule has 4 aromatic carbocycles. The van der Waals surface area contributed by atoms with Gasteiger partial charge in [-0.25, -0.2) is 16.8 Å². The van der Waals surface area contributed by atoms with Crippen molar-refractivity contribution in [3.8, 4) is 0 Å². The van der Waals surface area contributed by atoms with Crippen molar-refractivity contribution in [3.63, 3.8) is 0 Å². The van der Waals surface area contributed by atoms with Crippen LogP contribution in [0.4, 0.5) is 11.4 Å². The Labute approximate surface area is 268 Å². The number of anilines is 2. The fourth-order valence-electron chi connectivity index (χ4n) is 4.70. The van der Waals surface area contributed by atoms with Gasteiger partial charge in [0.25, 0.3) is 20.0 Å². The molecule has 46 heavy (non-hydrogen) atoms. The van der Waals surface area contributed by atoms with E-state index >= 15 is 0 Å². The SMILES string of the molecule is C=CCn1ncc2cc(NS(=O)(=O)c3ccc(C)cc3)ccc21.C=CCn1ncc2cc(NS(=O)(=O)c3ccc(C)cc3)ccc21. The molecule has 0 spiro atoms. The van der Waals surface area contributed by atoms with Crippen LogP contribution < -0.4 is 9.44 Å². The summed E-state index contributed by atoms with van der Waals surface area (Å²) < 4.78 is 58.5. The number of rotatable bonds is 10. The maximum atomic E-state index is 12.4. The van der Waals surface area contributed by atoms with E-state index in [-0.39, 0.29) is 9.79 Å². The minimum absolute atomic E-state index is 0.241. The Morgan fingerprint density at radius 3 is 1.33 bits per heavy atom. The first-order valence-electron chi connectivity index (χ1n) is 14.3. The molecule has 2 aromatic heterocycles. The van der Waals surface area contributed by atoms with E-state index in [2.05, 4.69) is 32.8 Å². The summed E-state index contributed by atoms with van der Waals surface area (Å²) in [4.78, 5) is 0.482. The quantitative estimate of drug-likeness (QED) is 0.159. The Morgan fingerprint density at radius 2 is 0.978 bits per heavy atom. The summed E-state index contributed by atoms with van der Waals surface area (Å²) in [5.41, 5.74) is 4.92. The smallest absolute Gasteiger partial charge is 0.261 e. The highest BCUT2D eigenvalue weighted by Gasteiger charge is 2.16. The van der Waals surface area contributed by atoms with Gasteiger partial charge in [0.15, 0.2) is 0 Å². The van der Waals surface area contributed by atoms with Crippen molar-refractivity contribution < 1.29 is 16.8 Å². The van der Waals surface area contributed by atoms with Gasteiger partial charge >= 0.3 is 0 Å². The van der Waals surface area contributed by atoms with E-state index in [1.54, 1.807) is 107 Å². The van der Waals surface area contributed by atoms with E-state index in [1.807, 2.05) is 26.0 Å². The number of sulfonamides is 2. The van der Waals surface area contributed by atoms with Crippen molar-refractivity contribution in [2.24, 2.45) is 0 Å². The molecule has 2 heterocycles. The van der Waals surface area contributed by atoms with Gasteiger partial charge in [-0.1, -0.05) is 47.5 Å². The molecule has 2 N–H and O–H groups in total. The maximum absolute atomic E-state index is 12.4. The molecule has 0 aliphatic carbocycles. The van der Waals surface area contributed by atoms with Crippen LogP contribution in [0.15, 0.2) is 132 Å². The largest absolute Gasteiger partial charge is 0.280 e. The van der Waals surface area contributed by atoms with Crippen LogP contribution >= 0.6 is 0 Å². The lowest BCUT2D eigenvalue weighted by Crippen LogP contribution is -2.12. The van der Waals surface area contributed by atoms with Crippen LogP contribution in [0.25, 0.3) is 21.8 Å². The molecule has 0 atom stereocenters. The first kappa shape index (κ1) is 32.2. The van der Waals surface area contributed by atoms with Crippen LogP contribution in [-0.2, 0) is 33.1 Å². The van der Waals surface area contributed by atoms with E-state index in [0.29, 0.717) is 24.5 Å². The third-order valence-corrected chi connectivity index (χ3v) is 9.85. The minimum atomic E-state index is -3.60. The molecule has 0 saturated carbocycles. The van der Waals surface area contributed by atoms with Crippen molar-refractivity contribution >= 4 is 53.2 Å². The first-order chi connectivity index (χ1) is 22.0. The van der Waals surface area contributed by atoms with Gasteiger partial charge in [-0.05, 0) is 74.5 Å². The van der Waals surface area contributed by atoms with Gasteiger partial charge in [-0.15, -0.1) is 13.2 Å². The summed E-state index contributed by atoms with van der Waals surface area (Å²) in [7, 11) is -7.19. The standard InChI is InChI=1S/2C17H17N3O2S/c2*1-3-10-20-17-9-6-15(11-14(17)12-18-20)19-23(21,22)16-7-4-13(2)5-8-16/h2*3-9,11-12,19H,1,10H2,2H3. The summed E-state index contributed by atoms with van der Waals surface area (Å²) in [5.74, 6) is 0. The lowest BCUT2D eigenvalue weighted by molar-refractivity contribution is 0.599. The first-order valence-corrected chi connectivity index (χ1v) is 17.3. The lowest BCUT2D eigenvalue weighted by atomic mass is 10.2. The Bertz CT molecular complexity index is 2080. The highest BCUT2D eigenvalue weighted by molar-refractivity contribution is 7.93. The number of nitrogens with zero attached hydrogens (tertiary/aromatic N) is 4. The number of fused-ring (bicyclic) bond motifs is 2. The number of benzene rings is 4. The second kappa shape index (κ2) is 13.4. The molecule has 236 valence electrons. The monoisotopic (exact) mass is 654 g/mol. The van der Waals surface area contributed by atoms with Crippen LogP contribution in [0.2, 0.25) is 0 Å². The summed E-state index contributed by atoms with van der Waals surface area (Å²) >= 11 is 0. The molecule has 0 aliphatic heterocycles. The second-order valence-electron chi connectivity index (χ2n) is 10.6. The second-order valence-corrected chi connectivity index (χ2v) is 14.0. The van der Waals surface area contributed by atoms with Gasteiger partial charge in [0.05, 0.1) is 46.3 Å². The number of aryl methyl sites for hydroxylation is 2. The normalized spacial score (nSPS) is 11.5. The fraction of sp³-hybridized carbons (Fsp3) is 0.118. The number of allylic oxidation sites excluding steroid dienone is 2. The van der Waals surface area contributed by atoms with E-state index in [0.717, 1.165) is 32.9 Å². The van der Waals surface area contributed by atoms with E-state index < -0.39 is 20.0 Å². The van der Waals surface area contributed by atoms with Crippen molar-refractivity contribution in [1.82, 2.24) is 19.6 Å². The maximum Gasteiger partial charge on any atom is 0.261 e. The third-order valence-electron chi connectivity index (χ3n) is 7.05. The summed E-state index contributed by atoms with van der Waals surface area (Å²) in [5, 5.41) is 10.3. The minimum Gasteiger partial charge on any atom is -0.280 e. The molecule has 0 bridgehead atoms. The molecular formula is C34H34N6O4S2. The molecule has 0 fully saturated rings. The molecule has 0 radical (unpaired) electrons. The molecule has 6 rings (SSSR count). The van der Waals surface area contributed by atoms with Gasteiger partial charge in [-0.3, -0.25) is 18.8 Å². The Balaban J connectivity index is 0.000000181. The van der Waals surface area contributed by atoms with Crippen LogP contribution in [0.5, 0.6) is 0 Å². The van der Waals surface area contributed by atoms with E-state index in [4.69, 9.17) is 0 Å². The molecule has 10 nitrogen and oxygen atoms in total. The Kier molecular flexibility index (Phi) is 9.40. The van der Waals surface area contributed by atoms with Gasteiger partial charge in [0, 0.05) is 22.1 Å². The number of hydrogen-bond acceptors (Lipinski definition) is 6. The average molecular weight is 655 g/mol. The zero-order valence-corrected chi connectivity index (χ0v) is 27.1. The average Bonchev–Trinajstić information content (AvgIpc) is 3.61. The van der Waals surface area contributed by atoms with Gasteiger partial charge in [-0.2, -0.15) is 10.2 Å². The van der Waals surface area contributed by atoms with Crippen molar-refractivity contribution in [1.29, 1.82) is 0 Å². The molecule has 12 heteroatoms. The van der Waals surface area contributed by atoms with Crippen molar-refractivity contribution in [2.45, 2.75) is 36.7 Å². The zero-order valence-electron chi connectivity index (χ0n) is 25.5. The summed E-state index contributed by atoms with van der Waals surface area (Å²) in [6.07, 6.45) is 6.95. The van der Waals surface area contributed by atoms with Crippen LogP contribution in [0, 0.1) is 13.8 Å². The molecule has 0 amide bonds. The molecule has 6 aromatic rings. The summed E-state index contributed by atoms with van der Waals surface area (Å²) in [6.45, 7) is 12.4. The molecule has 0 saturated heterocycles. The van der Waals surface area contributed by atoms with Crippen molar-refractivity contribution in [3.05, 3.63) is 134 Å². The van der Waals surface area contributed by atoms with Gasteiger partial charge < -0.3 is 0 Å². The topological polar surface area (TPSA) is 128 Å². The third kappa shape index (κ3) is 7.36. The predicted molar refractivity (Wildman–Crippen MR) is 184 cm³/mol. The number of aromatic nitrogens is 4.